The summed E-state index contributed by atoms with van der Waals surface area (Å²) >= 11 is 3.50. The van der Waals surface area contributed by atoms with Gasteiger partial charge in [0.05, 0.1) is 5.69 Å². The van der Waals surface area contributed by atoms with Crippen molar-refractivity contribution in [2.24, 2.45) is 0 Å². The molecule has 0 saturated heterocycles. The smallest absolute Gasteiger partial charge is 0.0532 e. The number of anilines is 1. The van der Waals surface area contributed by atoms with E-state index in [0.717, 1.165) is 28.6 Å². The number of benzene rings is 1. The minimum absolute atomic E-state index is 0.806. The molecule has 1 aromatic carbocycles. The van der Waals surface area contributed by atoms with Crippen LogP contribution in [0.4, 0.5) is 5.69 Å². The lowest BCUT2D eigenvalue weighted by Gasteiger charge is -2.07. The van der Waals surface area contributed by atoms with Crippen LogP contribution in [0.5, 0.6) is 0 Å². The molecule has 0 radical (unpaired) electrons. The number of nitrogen functional groups attached to an aromatic ring is 1. The lowest BCUT2D eigenvalue weighted by molar-refractivity contribution is 0.921. The van der Waals surface area contributed by atoms with E-state index in [0.29, 0.717) is 0 Å². The molecule has 2 heteroatoms. The van der Waals surface area contributed by atoms with Gasteiger partial charge in [-0.05, 0) is 52.5 Å². The van der Waals surface area contributed by atoms with Gasteiger partial charge in [0.1, 0.15) is 0 Å². The quantitative estimate of drug-likeness (QED) is 0.634. The maximum Gasteiger partial charge on any atom is 0.0532 e. The molecule has 0 heterocycles. The fraction of sp³-hybridized carbons (Fsp3) is 0.286. The van der Waals surface area contributed by atoms with Crippen LogP contribution in [-0.2, 0) is 6.42 Å². The van der Waals surface area contributed by atoms with Crippen molar-refractivity contribution in [3.63, 3.8) is 0 Å². The van der Waals surface area contributed by atoms with E-state index in [1.54, 1.807) is 0 Å². The average molecular weight is 280 g/mol. The summed E-state index contributed by atoms with van der Waals surface area (Å²) in [5.74, 6) is 0. The van der Waals surface area contributed by atoms with Crippen LogP contribution < -0.4 is 5.73 Å². The molecule has 1 aromatic rings. The van der Waals surface area contributed by atoms with Gasteiger partial charge in [-0.15, -0.1) is 0 Å². The molecule has 86 valence electrons. The minimum Gasteiger partial charge on any atom is -0.397 e. The molecule has 16 heavy (non-hydrogen) atoms. The largest absolute Gasteiger partial charge is 0.397 e. The molecule has 0 aliphatic heterocycles. The maximum absolute atomic E-state index is 6.01. The molecule has 0 unspecified atom stereocenters. The first-order valence-corrected chi connectivity index (χ1v) is 6.35. The highest BCUT2D eigenvalue weighted by Crippen LogP contribution is 2.27. The zero-order valence-electron chi connectivity index (χ0n) is 9.83. The first-order valence-electron chi connectivity index (χ1n) is 5.56. The molecule has 0 atom stereocenters. The van der Waals surface area contributed by atoms with Crippen molar-refractivity contribution >= 4 is 27.7 Å². The molecule has 0 amide bonds. The SMILES string of the molecule is C/C=C\C=C/c1cc(CCC)cc(Br)c1N. The van der Waals surface area contributed by atoms with Crippen LogP contribution in [0, 0.1) is 0 Å². The van der Waals surface area contributed by atoms with Gasteiger partial charge in [-0.2, -0.15) is 0 Å². The average Bonchev–Trinajstić information content (AvgIpc) is 2.25. The summed E-state index contributed by atoms with van der Waals surface area (Å²) in [6.45, 7) is 4.18. The second-order valence-corrected chi connectivity index (χ2v) is 4.57. The van der Waals surface area contributed by atoms with E-state index < -0.39 is 0 Å². The predicted molar refractivity (Wildman–Crippen MR) is 76.4 cm³/mol. The summed E-state index contributed by atoms with van der Waals surface area (Å²) in [5.41, 5.74) is 9.22. The van der Waals surface area contributed by atoms with Gasteiger partial charge in [0.15, 0.2) is 0 Å². The molecular formula is C14H18BrN. The van der Waals surface area contributed by atoms with Gasteiger partial charge in [-0.25, -0.2) is 0 Å². The van der Waals surface area contributed by atoms with Gasteiger partial charge >= 0.3 is 0 Å². The zero-order chi connectivity index (χ0) is 12.0. The number of rotatable bonds is 4. The highest BCUT2D eigenvalue weighted by atomic mass is 79.9. The molecule has 0 spiro atoms. The molecule has 0 fully saturated rings. The Balaban J connectivity index is 3.06. The van der Waals surface area contributed by atoms with Gasteiger partial charge < -0.3 is 5.73 Å². The van der Waals surface area contributed by atoms with Crippen LogP contribution in [0.3, 0.4) is 0 Å². The van der Waals surface area contributed by atoms with E-state index in [1.165, 1.54) is 5.56 Å². The molecule has 0 aromatic heterocycles. The van der Waals surface area contributed by atoms with Crippen LogP contribution in [-0.4, -0.2) is 0 Å². The van der Waals surface area contributed by atoms with Crippen LogP contribution in [0.25, 0.3) is 6.08 Å². The summed E-state index contributed by atoms with van der Waals surface area (Å²) < 4.78 is 0.985. The Hall–Kier alpha value is -1.02. The van der Waals surface area contributed by atoms with Crippen molar-refractivity contribution in [1.29, 1.82) is 0 Å². The maximum atomic E-state index is 6.01. The van der Waals surface area contributed by atoms with Gasteiger partial charge in [0.2, 0.25) is 0 Å². The van der Waals surface area contributed by atoms with Crippen LogP contribution in [0.1, 0.15) is 31.4 Å². The first-order chi connectivity index (χ1) is 7.69. The van der Waals surface area contributed by atoms with Crippen molar-refractivity contribution in [3.8, 4) is 0 Å². The fourth-order valence-electron chi connectivity index (χ4n) is 1.54. The summed E-state index contributed by atoms with van der Waals surface area (Å²) in [5, 5.41) is 0. The van der Waals surface area contributed by atoms with E-state index in [4.69, 9.17) is 5.73 Å². The van der Waals surface area contributed by atoms with Crippen LogP contribution in [0.15, 0.2) is 34.8 Å². The summed E-state index contributed by atoms with van der Waals surface area (Å²) in [6.07, 6.45) is 10.3. The van der Waals surface area contributed by atoms with Crippen molar-refractivity contribution in [2.75, 3.05) is 5.73 Å². The number of aryl methyl sites for hydroxylation is 1. The minimum atomic E-state index is 0.806. The lowest BCUT2D eigenvalue weighted by Crippen LogP contribution is -1.94. The van der Waals surface area contributed by atoms with E-state index in [1.807, 2.05) is 31.2 Å². The van der Waals surface area contributed by atoms with E-state index in [-0.39, 0.29) is 0 Å². The number of allylic oxidation sites excluding steroid dienone is 3. The summed E-state index contributed by atoms with van der Waals surface area (Å²) in [4.78, 5) is 0. The first kappa shape index (κ1) is 13.0. The highest BCUT2D eigenvalue weighted by Gasteiger charge is 2.03. The number of halogens is 1. The third kappa shape index (κ3) is 3.53. The summed E-state index contributed by atoms with van der Waals surface area (Å²) in [6, 6.07) is 4.26. The molecule has 0 aliphatic carbocycles. The lowest BCUT2D eigenvalue weighted by atomic mass is 10.0. The fourth-order valence-corrected chi connectivity index (χ4v) is 2.06. The van der Waals surface area contributed by atoms with Crippen molar-refractivity contribution in [1.82, 2.24) is 0 Å². The number of hydrogen-bond acceptors (Lipinski definition) is 1. The highest BCUT2D eigenvalue weighted by molar-refractivity contribution is 9.10. The third-order valence-corrected chi connectivity index (χ3v) is 3.00. The van der Waals surface area contributed by atoms with Gasteiger partial charge in [0, 0.05) is 4.47 Å². The Kier molecular flexibility index (Phi) is 5.33. The zero-order valence-corrected chi connectivity index (χ0v) is 11.4. The van der Waals surface area contributed by atoms with Crippen molar-refractivity contribution in [3.05, 3.63) is 46.0 Å². The van der Waals surface area contributed by atoms with E-state index >= 15 is 0 Å². The molecular weight excluding hydrogens is 262 g/mol. The number of nitrogens with two attached hydrogens (primary N) is 1. The predicted octanol–water partition coefficient (Wildman–Crippen LogP) is 4.57. The third-order valence-electron chi connectivity index (χ3n) is 2.34. The molecule has 1 nitrogen and oxygen atoms in total. The summed E-state index contributed by atoms with van der Waals surface area (Å²) in [7, 11) is 0. The molecule has 0 aliphatic rings. The molecule has 1 rings (SSSR count). The monoisotopic (exact) mass is 279 g/mol. The Morgan fingerprint density at radius 1 is 1.31 bits per heavy atom. The topological polar surface area (TPSA) is 26.0 Å². The Labute approximate surface area is 106 Å². The normalized spacial score (nSPS) is 11.7. The van der Waals surface area contributed by atoms with Gasteiger partial charge in [-0.3, -0.25) is 0 Å². The molecule has 0 saturated carbocycles. The van der Waals surface area contributed by atoms with E-state index in [9.17, 15) is 0 Å². The van der Waals surface area contributed by atoms with Crippen molar-refractivity contribution in [2.45, 2.75) is 26.7 Å². The van der Waals surface area contributed by atoms with Crippen LogP contribution >= 0.6 is 15.9 Å². The van der Waals surface area contributed by atoms with Gasteiger partial charge in [0.25, 0.3) is 0 Å². The second-order valence-electron chi connectivity index (χ2n) is 3.72. The Bertz CT molecular complexity index is 405. The standard InChI is InChI=1S/C14H18BrN/c1-3-5-6-8-12-9-11(7-4-2)10-13(15)14(12)16/h3,5-6,8-10H,4,7,16H2,1-2H3/b5-3-,8-6-. The van der Waals surface area contributed by atoms with Crippen molar-refractivity contribution < 1.29 is 0 Å². The molecule has 0 bridgehead atoms. The van der Waals surface area contributed by atoms with Gasteiger partial charge in [-0.1, -0.05) is 37.6 Å². The molecule has 2 N–H and O–H groups in total. The Morgan fingerprint density at radius 2 is 2.06 bits per heavy atom. The van der Waals surface area contributed by atoms with Crippen LogP contribution in [0.2, 0.25) is 0 Å². The van der Waals surface area contributed by atoms with E-state index in [2.05, 4.69) is 35.0 Å². The second kappa shape index (κ2) is 6.54. The number of hydrogen-bond donors (Lipinski definition) is 1. The Morgan fingerprint density at radius 3 is 2.69 bits per heavy atom.